The Bertz CT molecular complexity index is 637. The van der Waals surface area contributed by atoms with Gasteiger partial charge in [0.25, 0.3) is 0 Å². The topological polar surface area (TPSA) is 74.5 Å². The van der Waals surface area contributed by atoms with Crippen LogP contribution in [0.3, 0.4) is 0 Å². The number of anilines is 1. The molecule has 0 atom stereocenters. The van der Waals surface area contributed by atoms with E-state index in [4.69, 9.17) is 27.6 Å². The summed E-state index contributed by atoms with van der Waals surface area (Å²) in [5, 5.41) is 10.5. The second-order valence-electron chi connectivity index (χ2n) is 4.61. The highest BCUT2D eigenvalue weighted by Gasteiger charge is 2.03. The summed E-state index contributed by atoms with van der Waals surface area (Å²) in [6.07, 6.45) is 3.19. The third kappa shape index (κ3) is 7.14. The zero-order chi connectivity index (χ0) is 16.5. The van der Waals surface area contributed by atoms with Gasteiger partial charge in [0.15, 0.2) is 5.96 Å². The van der Waals surface area contributed by atoms with Crippen LogP contribution in [0, 0.1) is 0 Å². The SMILES string of the molecule is CCNC(=NCc1ccco1)NCCNc1ncc(Cl)cc1Cl.I. The van der Waals surface area contributed by atoms with Crippen LogP contribution in [0.25, 0.3) is 0 Å². The van der Waals surface area contributed by atoms with Crippen LogP contribution in [0.1, 0.15) is 12.7 Å². The summed E-state index contributed by atoms with van der Waals surface area (Å²) >= 11 is 11.9. The van der Waals surface area contributed by atoms with Crippen molar-refractivity contribution in [1.82, 2.24) is 15.6 Å². The lowest BCUT2D eigenvalue weighted by Gasteiger charge is -2.12. The van der Waals surface area contributed by atoms with Gasteiger partial charge in [-0.15, -0.1) is 24.0 Å². The number of guanidine groups is 1. The van der Waals surface area contributed by atoms with Crippen molar-refractivity contribution in [2.24, 2.45) is 4.99 Å². The van der Waals surface area contributed by atoms with Gasteiger partial charge in [-0.2, -0.15) is 0 Å². The summed E-state index contributed by atoms with van der Waals surface area (Å²) in [5.74, 6) is 2.15. The number of aliphatic imine (C=N–C) groups is 1. The standard InChI is InChI=1S/C15H19Cl2N5O.HI/c1-2-18-15(22-10-12-4-3-7-23-12)20-6-5-19-14-13(17)8-11(16)9-21-14;/h3-4,7-9H,2,5-6,10H2,1H3,(H,19,21)(H2,18,20,22);1H. The highest BCUT2D eigenvalue weighted by molar-refractivity contribution is 14.0. The minimum atomic E-state index is 0. The van der Waals surface area contributed by atoms with Crippen LogP contribution in [0.2, 0.25) is 10.0 Å². The van der Waals surface area contributed by atoms with E-state index in [0.717, 1.165) is 18.3 Å². The van der Waals surface area contributed by atoms with Crippen LogP contribution >= 0.6 is 47.2 Å². The van der Waals surface area contributed by atoms with Gasteiger partial charge in [-0.1, -0.05) is 23.2 Å². The fourth-order valence-corrected chi connectivity index (χ4v) is 2.25. The first-order valence-electron chi connectivity index (χ1n) is 7.28. The van der Waals surface area contributed by atoms with Crippen molar-refractivity contribution in [2.75, 3.05) is 25.0 Å². The zero-order valence-electron chi connectivity index (χ0n) is 13.2. The van der Waals surface area contributed by atoms with Gasteiger partial charge in [-0.05, 0) is 25.1 Å². The largest absolute Gasteiger partial charge is 0.467 e. The Hall–Kier alpha value is -1.19. The normalized spacial score (nSPS) is 10.9. The molecule has 2 heterocycles. The van der Waals surface area contributed by atoms with Crippen molar-refractivity contribution in [3.63, 3.8) is 0 Å². The van der Waals surface area contributed by atoms with Gasteiger partial charge in [0, 0.05) is 25.8 Å². The van der Waals surface area contributed by atoms with Crippen molar-refractivity contribution in [3.05, 3.63) is 46.5 Å². The number of halogens is 3. The van der Waals surface area contributed by atoms with Gasteiger partial charge in [0.1, 0.15) is 18.1 Å². The highest BCUT2D eigenvalue weighted by Crippen LogP contribution is 2.21. The maximum absolute atomic E-state index is 6.05. The van der Waals surface area contributed by atoms with E-state index in [9.17, 15) is 0 Å². The van der Waals surface area contributed by atoms with E-state index in [0.29, 0.717) is 35.5 Å². The number of nitrogens with one attached hydrogen (secondary N) is 3. The van der Waals surface area contributed by atoms with E-state index in [1.165, 1.54) is 0 Å². The molecule has 0 bridgehead atoms. The molecule has 2 rings (SSSR count). The number of aromatic nitrogens is 1. The van der Waals surface area contributed by atoms with Gasteiger partial charge < -0.3 is 20.4 Å². The van der Waals surface area contributed by atoms with E-state index < -0.39 is 0 Å². The van der Waals surface area contributed by atoms with Crippen molar-refractivity contribution in [2.45, 2.75) is 13.5 Å². The van der Waals surface area contributed by atoms with Crippen molar-refractivity contribution in [3.8, 4) is 0 Å². The first kappa shape index (κ1) is 20.9. The lowest BCUT2D eigenvalue weighted by Crippen LogP contribution is -2.39. The summed E-state index contributed by atoms with van der Waals surface area (Å²) in [5.41, 5.74) is 0. The Morgan fingerprint density at radius 2 is 2.12 bits per heavy atom. The van der Waals surface area contributed by atoms with Gasteiger partial charge in [-0.3, -0.25) is 0 Å². The zero-order valence-corrected chi connectivity index (χ0v) is 17.0. The Morgan fingerprint density at radius 3 is 2.79 bits per heavy atom. The summed E-state index contributed by atoms with van der Waals surface area (Å²) in [6, 6.07) is 5.39. The van der Waals surface area contributed by atoms with E-state index in [1.807, 2.05) is 19.1 Å². The molecule has 0 saturated carbocycles. The third-order valence-electron chi connectivity index (χ3n) is 2.84. The van der Waals surface area contributed by atoms with E-state index in [2.05, 4.69) is 25.9 Å². The summed E-state index contributed by atoms with van der Waals surface area (Å²) < 4.78 is 5.26. The van der Waals surface area contributed by atoms with Crippen LogP contribution < -0.4 is 16.0 Å². The molecule has 0 unspecified atom stereocenters. The number of nitrogens with zero attached hydrogens (tertiary/aromatic N) is 2. The van der Waals surface area contributed by atoms with Crippen molar-refractivity contribution in [1.29, 1.82) is 0 Å². The molecule has 0 aliphatic rings. The predicted octanol–water partition coefficient (Wildman–Crippen LogP) is 3.77. The molecule has 9 heteroatoms. The minimum absolute atomic E-state index is 0. The van der Waals surface area contributed by atoms with E-state index >= 15 is 0 Å². The second kappa shape index (κ2) is 11.4. The Kier molecular flexibility index (Phi) is 9.89. The molecule has 0 saturated heterocycles. The molecule has 0 aliphatic carbocycles. The molecule has 132 valence electrons. The van der Waals surface area contributed by atoms with E-state index in [-0.39, 0.29) is 24.0 Å². The predicted molar refractivity (Wildman–Crippen MR) is 110 cm³/mol. The quantitative estimate of drug-likeness (QED) is 0.242. The third-order valence-corrected chi connectivity index (χ3v) is 3.33. The molecule has 3 N–H and O–H groups in total. The van der Waals surface area contributed by atoms with Crippen LogP contribution in [0.5, 0.6) is 0 Å². The summed E-state index contributed by atoms with van der Waals surface area (Å²) in [7, 11) is 0. The highest BCUT2D eigenvalue weighted by atomic mass is 127. The van der Waals surface area contributed by atoms with Gasteiger partial charge in [-0.25, -0.2) is 9.98 Å². The maximum atomic E-state index is 6.05. The molecular weight excluding hydrogens is 464 g/mol. The number of furan rings is 1. The van der Waals surface area contributed by atoms with Crippen molar-refractivity contribution < 1.29 is 4.42 Å². The minimum Gasteiger partial charge on any atom is -0.467 e. The average molecular weight is 484 g/mol. The molecule has 0 fully saturated rings. The molecule has 2 aromatic rings. The number of hydrogen-bond acceptors (Lipinski definition) is 4. The fourth-order valence-electron chi connectivity index (χ4n) is 1.81. The Balaban J connectivity index is 0.00000288. The molecule has 0 aromatic carbocycles. The van der Waals surface area contributed by atoms with Gasteiger partial charge >= 0.3 is 0 Å². The summed E-state index contributed by atoms with van der Waals surface area (Å²) in [4.78, 5) is 8.58. The lowest BCUT2D eigenvalue weighted by molar-refractivity contribution is 0.512. The second-order valence-corrected chi connectivity index (χ2v) is 5.46. The molecule has 0 radical (unpaired) electrons. The smallest absolute Gasteiger partial charge is 0.191 e. The Labute approximate surface area is 168 Å². The number of hydrogen-bond donors (Lipinski definition) is 3. The maximum Gasteiger partial charge on any atom is 0.191 e. The van der Waals surface area contributed by atoms with E-state index in [1.54, 1.807) is 18.5 Å². The van der Waals surface area contributed by atoms with Crippen LogP contribution in [0.15, 0.2) is 40.1 Å². The van der Waals surface area contributed by atoms with Crippen LogP contribution in [-0.4, -0.2) is 30.6 Å². The van der Waals surface area contributed by atoms with Crippen LogP contribution in [-0.2, 0) is 6.54 Å². The van der Waals surface area contributed by atoms with Gasteiger partial charge in [0.05, 0.1) is 16.3 Å². The van der Waals surface area contributed by atoms with Crippen molar-refractivity contribution >= 4 is 59.0 Å². The molecular formula is C15H20Cl2IN5O. The number of rotatable bonds is 7. The molecule has 24 heavy (non-hydrogen) atoms. The average Bonchev–Trinajstić information content (AvgIpc) is 3.04. The monoisotopic (exact) mass is 483 g/mol. The lowest BCUT2D eigenvalue weighted by atomic mass is 10.4. The first-order chi connectivity index (χ1) is 11.2. The first-order valence-corrected chi connectivity index (χ1v) is 8.04. The van der Waals surface area contributed by atoms with Crippen LogP contribution in [0.4, 0.5) is 5.82 Å². The summed E-state index contributed by atoms with van der Waals surface area (Å²) in [6.45, 7) is 4.58. The molecule has 0 aliphatic heterocycles. The molecule has 2 aromatic heterocycles. The molecule has 0 amide bonds. The molecule has 0 spiro atoms. The fraction of sp³-hybridized carbons (Fsp3) is 0.333. The molecule has 6 nitrogen and oxygen atoms in total. The number of pyridine rings is 1. The van der Waals surface area contributed by atoms with Gasteiger partial charge in [0.2, 0.25) is 0 Å². The Morgan fingerprint density at radius 1 is 1.29 bits per heavy atom.